The first-order chi connectivity index (χ1) is 14.6. The van der Waals surface area contributed by atoms with Crippen molar-refractivity contribution in [3.8, 4) is 0 Å². The lowest BCUT2D eigenvalue weighted by molar-refractivity contribution is -0.114. The van der Waals surface area contributed by atoms with E-state index in [1.165, 1.54) is 35.2 Å². The van der Waals surface area contributed by atoms with E-state index in [4.69, 9.17) is 11.6 Å². The predicted octanol–water partition coefficient (Wildman–Crippen LogP) is 4.83. The van der Waals surface area contributed by atoms with Gasteiger partial charge < -0.3 is 0 Å². The number of benzene rings is 2. The van der Waals surface area contributed by atoms with Gasteiger partial charge in [0, 0.05) is 10.3 Å². The molecule has 0 fully saturated rings. The minimum atomic E-state index is -3.99. The van der Waals surface area contributed by atoms with Crippen LogP contribution in [0.5, 0.6) is 0 Å². The third-order valence-corrected chi connectivity index (χ3v) is 7.97. The van der Waals surface area contributed by atoms with Crippen LogP contribution in [0.3, 0.4) is 0 Å². The molecule has 31 heavy (non-hydrogen) atoms. The largest absolute Gasteiger partial charge is 0.299 e. The lowest BCUT2D eigenvalue weighted by Gasteiger charge is -2.24. The molecule has 1 amide bonds. The monoisotopic (exact) mass is 496 g/mol. The lowest BCUT2D eigenvalue weighted by atomic mass is 10.2. The van der Waals surface area contributed by atoms with E-state index in [-0.39, 0.29) is 4.90 Å². The van der Waals surface area contributed by atoms with Crippen LogP contribution in [-0.2, 0) is 14.8 Å². The van der Waals surface area contributed by atoms with Crippen LogP contribution in [0.25, 0.3) is 0 Å². The van der Waals surface area contributed by atoms with Crippen molar-refractivity contribution in [2.75, 3.05) is 16.2 Å². The highest BCUT2D eigenvalue weighted by Crippen LogP contribution is 2.29. The number of carbonyl (C=O) groups is 1. The van der Waals surface area contributed by atoms with Crippen molar-refractivity contribution in [2.24, 2.45) is 0 Å². The summed E-state index contributed by atoms with van der Waals surface area (Å²) < 4.78 is 28.4. The van der Waals surface area contributed by atoms with Crippen LogP contribution in [0.2, 0.25) is 5.02 Å². The van der Waals surface area contributed by atoms with E-state index in [1.54, 1.807) is 36.4 Å². The molecule has 164 valence electrons. The van der Waals surface area contributed by atoms with Gasteiger partial charge in [0.25, 0.3) is 10.0 Å². The first-order valence-electron chi connectivity index (χ1n) is 9.30. The molecule has 0 aliphatic heterocycles. The second kappa shape index (κ2) is 9.99. The molecule has 0 aliphatic carbocycles. The van der Waals surface area contributed by atoms with E-state index in [1.807, 2.05) is 20.8 Å². The zero-order valence-corrected chi connectivity index (χ0v) is 20.3. The highest BCUT2D eigenvalue weighted by molar-refractivity contribution is 8.01. The van der Waals surface area contributed by atoms with Crippen LogP contribution >= 0.6 is 34.7 Å². The summed E-state index contributed by atoms with van der Waals surface area (Å²) in [5.74, 6) is -0.525. The number of hydrogen-bond donors (Lipinski definition) is 1. The number of carbonyl (C=O) groups excluding carboxylic acids is 1. The van der Waals surface area contributed by atoms with Crippen molar-refractivity contribution in [2.45, 2.75) is 35.3 Å². The molecule has 1 heterocycles. The van der Waals surface area contributed by atoms with Crippen LogP contribution in [0.4, 0.5) is 10.8 Å². The van der Waals surface area contributed by atoms with E-state index >= 15 is 0 Å². The van der Waals surface area contributed by atoms with Gasteiger partial charge in [0.15, 0.2) is 4.34 Å². The van der Waals surface area contributed by atoms with Crippen LogP contribution in [0, 0.1) is 6.92 Å². The zero-order valence-electron chi connectivity index (χ0n) is 17.1. The maximum Gasteiger partial charge on any atom is 0.264 e. The molecule has 1 aromatic heterocycles. The Balaban J connectivity index is 1.86. The average molecular weight is 497 g/mol. The van der Waals surface area contributed by atoms with E-state index in [0.717, 1.165) is 14.2 Å². The first-order valence-corrected chi connectivity index (χ1v) is 12.8. The van der Waals surface area contributed by atoms with E-state index in [2.05, 4.69) is 15.5 Å². The van der Waals surface area contributed by atoms with Crippen LogP contribution in [-0.4, -0.2) is 36.3 Å². The number of rotatable bonds is 8. The molecule has 0 saturated carbocycles. The highest BCUT2D eigenvalue weighted by atomic mass is 35.5. The summed E-state index contributed by atoms with van der Waals surface area (Å²) in [7, 11) is -3.99. The third-order valence-electron chi connectivity index (χ3n) is 4.00. The molecule has 0 aliphatic rings. The van der Waals surface area contributed by atoms with Gasteiger partial charge in [0.05, 0.1) is 10.6 Å². The Hall–Kier alpha value is -2.14. The average Bonchev–Trinajstić information content (AvgIpc) is 3.13. The third kappa shape index (κ3) is 6.19. The van der Waals surface area contributed by atoms with Crippen LogP contribution in [0.1, 0.15) is 19.4 Å². The molecule has 3 aromatic rings. The summed E-state index contributed by atoms with van der Waals surface area (Å²) in [5, 5.41) is 11.7. The molecule has 0 unspecified atom stereocenters. The molecule has 7 nitrogen and oxygen atoms in total. The molecule has 3 rings (SSSR count). The number of sulfonamides is 1. The van der Waals surface area contributed by atoms with Gasteiger partial charge in [-0.3, -0.25) is 14.4 Å². The molecular weight excluding hydrogens is 476 g/mol. The van der Waals surface area contributed by atoms with Crippen molar-refractivity contribution < 1.29 is 13.2 Å². The Kier molecular flexibility index (Phi) is 7.58. The molecule has 0 bridgehead atoms. The van der Waals surface area contributed by atoms with E-state index in [9.17, 15) is 13.2 Å². The zero-order chi connectivity index (χ0) is 22.6. The number of thioether (sulfide) groups is 1. The fraction of sp³-hybridized carbons (Fsp3) is 0.250. The summed E-state index contributed by atoms with van der Waals surface area (Å²) in [5.41, 5.74) is 1.26. The number of aryl methyl sites for hydroxylation is 1. The standard InChI is InChI=1S/C20H21ClN4O3S3/c1-13(2)29-20-24-23-19(30-20)22-18(26)12-25(16-8-6-15(21)7-9-16)31(27,28)17-10-4-14(3)5-11-17/h4-11,13H,12H2,1-3H3,(H,22,23,26). The Morgan fingerprint density at radius 2 is 1.77 bits per heavy atom. The number of nitrogens with one attached hydrogen (secondary N) is 1. The van der Waals surface area contributed by atoms with Crippen molar-refractivity contribution in [1.29, 1.82) is 0 Å². The number of hydrogen-bond acceptors (Lipinski definition) is 7. The summed E-state index contributed by atoms with van der Waals surface area (Å²) >= 11 is 8.73. The second-order valence-electron chi connectivity index (χ2n) is 6.89. The van der Waals surface area contributed by atoms with Gasteiger partial charge in [0.1, 0.15) is 6.54 Å². The second-order valence-corrected chi connectivity index (χ2v) is 12.0. The van der Waals surface area contributed by atoms with Gasteiger partial charge in [0.2, 0.25) is 11.0 Å². The smallest absolute Gasteiger partial charge is 0.264 e. The number of aromatic nitrogens is 2. The topological polar surface area (TPSA) is 92.3 Å². The Labute approximate surface area is 194 Å². The Morgan fingerprint density at radius 1 is 1.13 bits per heavy atom. The summed E-state index contributed by atoms with van der Waals surface area (Å²) in [6.45, 7) is 5.51. The number of anilines is 2. The Morgan fingerprint density at radius 3 is 2.39 bits per heavy atom. The van der Waals surface area contributed by atoms with Gasteiger partial charge in [-0.2, -0.15) is 0 Å². The predicted molar refractivity (Wildman–Crippen MR) is 127 cm³/mol. The minimum absolute atomic E-state index is 0.0902. The molecule has 11 heteroatoms. The van der Waals surface area contributed by atoms with E-state index < -0.39 is 22.5 Å². The fourth-order valence-electron chi connectivity index (χ4n) is 2.56. The van der Waals surface area contributed by atoms with Gasteiger partial charge in [-0.25, -0.2) is 8.42 Å². The maximum atomic E-state index is 13.3. The molecule has 0 atom stereocenters. The van der Waals surface area contributed by atoms with Crippen molar-refractivity contribution in [3.63, 3.8) is 0 Å². The van der Waals surface area contributed by atoms with Crippen molar-refractivity contribution in [3.05, 3.63) is 59.1 Å². The van der Waals surface area contributed by atoms with Gasteiger partial charge in [-0.1, -0.05) is 66.2 Å². The molecular formula is C20H21ClN4O3S3. The van der Waals surface area contributed by atoms with Crippen LogP contribution < -0.4 is 9.62 Å². The molecule has 2 aromatic carbocycles. The first kappa shape index (κ1) is 23.5. The summed E-state index contributed by atoms with van der Waals surface area (Å²) in [6.07, 6.45) is 0. The van der Waals surface area contributed by atoms with Crippen LogP contribution in [0.15, 0.2) is 57.8 Å². The van der Waals surface area contributed by atoms with Crippen molar-refractivity contribution in [1.82, 2.24) is 10.2 Å². The number of amides is 1. The minimum Gasteiger partial charge on any atom is -0.299 e. The van der Waals surface area contributed by atoms with Gasteiger partial charge in [-0.15, -0.1) is 10.2 Å². The molecule has 0 saturated heterocycles. The normalized spacial score (nSPS) is 11.5. The molecule has 0 spiro atoms. The number of halogens is 1. The van der Waals surface area contributed by atoms with E-state index in [0.29, 0.717) is 21.1 Å². The quantitative estimate of drug-likeness (QED) is 0.354. The summed E-state index contributed by atoms with van der Waals surface area (Å²) in [4.78, 5) is 12.8. The van der Waals surface area contributed by atoms with Gasteiger partial charge >= 0.3 is 0 Å². The highest BCUT2D eigenvalue weighted by Gasteiger charge is 2.27. The molecule has 1 N–H and O–H groups in total. The SMILES string of the molecule is Cc1ccc(S(=O)(=O)N(CC(=O)Nc2nnc(SC(C)C)s2)c2ccc(Cl)cc2)cc1. The summed E-state index contributed by atoms with van der Waals surface area (Å²) in [6, 6.07) is 12.7. The van der Waals surface area contributed by atoms with Crippen molar-refractivity contribution >= 4 is 61.4 Å². The lowest BCUT2D eigenvalue weighted by Crippen LogP contribution is -2.38. The fourth-order valence-corrected chi connectivity index (χ4v) is 6.10. The van der Waals surface area contributed by atoms with Gasteiger partial charge in [-0.05, 0) is 43.3 Å². The number of nitrogens with zero attached hydrogens (tertiary/aromatic N) is 3. The Bertz CT molecular complexity index is 1150. The maximum absolute atomic E-state index is 13.3. The molecule has 0 radical (unpaired) electrons.